The number of hydrogen-bond acceptors (Lipinski definition) is 2. The molecule has 0 aromatic carbocycles. The molecule has 0 saturated carbocycles. The van der Waals surface area contributed by atoms with E-state index in [2.05, 4.69) is 12.2 Å². The molecule has 2 heteroatoms. The van der Waals surface area contributed by atoms with Crippen molar-refractivity contribution >= 4 is 0 Å². The molecule has 58 valence electrons. The van der Waals surface area contributed by atoms with Crippen molar-refractivity contribution in [2.75, 3.05) is 19.6 Å². The highest BCUT2D eigenvalue weighted by Crippen LogP contribution is 1.80. The molecule has 0 saturated heterocycles. The van der Waals surface area contributed by atoms with Crippen LogP contribution in [0.4, 0.5) is 0 Å². The van der Waals surface area contributed by atoms with E-state index in [1.54, 1.807) is 0 Å². The van der Waals surface area contributed by atoms with Gasteiger partial charge in [0.05, 0.1) is 0 Å². The molecule has 0 rings (SSSR count). The van der Waals surface area contributed by atoms with Crippen molar-refractivity contribution in [1.29, 1.82) is 0 Å². The van der Waals surface area contributed by atoms with Crippen LogP contribution in [0.3, 0.4) is 0 Å². The second-order valence-corrected chi connectivity index (χ2v) is 1.89. The van der Waals surface area contributed by atoms with Gasteiger partial charge in [0.25, 0.3) is 0 Å². The second kappa shape index (κ2) is 10.8. The Morgan fingerprint density at radius 1 is 1.33 bits per heavy atom. The number of nitrogens with two attached hydrogens (primary N) is 1. The number of unbranched alkanes of at least 4 members (excludes halogenated alkanes) is 1. The van der Waals surface area contributed by atoms with Crippen LogP contribution >= 0.6 is 0 Å². The van der Waals surface area contributed by atoms with Crippen molar-refractivity contribution in [1.82, 2.24) is 5.32 Å². The molecule has 9 heavy (non-hydrogen) atoms. The van der Waals surface area contributed by atoms with Crippen molar-refractivity contribution in [3.8, 4) is 0 Å². The minimum atomic E-state index is 0. The van der Waals surface area contributed by atoms with Gasteiger partial charge in [0.1, 0.15) is 0 Å². The van der Waals surface area contributed by atoms with Crippen LogP contribution in [0.1, 0.15) is 27.2 Å². The molecule has 0 aromatic heterocycles. The molecule has 0 atom stereocenters. The van der Waals surface area contributed by atoms with Gasteiger partial charge < -0.3 is 11.1 Å². The molecule has 0 heterocycles. The van der Waals surface area contributed by atoms with Crippen molar-refractivity contribution in [2.45, 2.75) is 27.2 Å². The molecule has 2 nitrogen and oxygen atoms in total. The first kappa shape index (κ1) is 11.7. The Morgan fingerprint density at radius 3 is 2.44 bits per heavy atom. The van der Waals surface area contributed by atoms with Crippen LogP contribution in [0.25, 0.3) is 0 Å². The van der Waals surface area contributed by atoms with Gasteiger partial charge in [0.2, 0.25) is 0 Å². The first-order valence-corrected chi connectivity index (χ1v) is 3.32. The lowest BCUT2D eigenvalue weighted by Gasteiger charge is -1.98. The van der Waals surface area contributed by atoms with Crippen molar-refractivity contribution < 1.29 is 0 Å². The molecule has 3 N–H and O–H groups in total. The van der Waals surface area contributed by atoms with Crippen molar-refractivity contribution in [2.24, 2.45) is 5.73 Å². The molecule has 0 aliphatic rings. The molecular formula is C7H20N2. The van der Waals surface area contributed by atoms with Gasteiger partial charge in [-0.3, -0.25) is 0 Å². The van der Waals surface area contributed by atoms with E-state index >= 15 is 0 Å². The van der Waals surface area contributed by atoms with E-state index in [0.717, 1.165) is 19.6 Å². The Morgan fingerprint density at radius 2 is 2.00 bits per heavy atom. The highest BCUT2D eigenvalue weighted by Gasteiger charge is 1.80. The lowest BCUT2D eigenvalue weighted by Crippen LogP contribution is -2.23. The van der Waals surface area contributed by atoms with Gasteiger partial charge in [-0.25, -0.2) is 0 Å². The summed E-state index contributed by atoms with van der Waals surface area (Å²) in [5.74, 6) is 0. The number of nitrogens with one attached hydrogen (secondary N) is 1. The fraction of sp³-hybridized carbons (Fsp3) is 1.00. The molecule has 0 spiro atoms. The minimum absolute atomic E-state index is 0. The smallest absolute Gasteiger partial charge is 0.00745 e. The summed E-state index contributed by atoms with van der Waals surface area (Å²) in [5, 5.41) is 3.21. The van der Waals surface area contributed by atoms with Crippen LogP contribution in [0, 0.1) is 0 Å². The third-order valence-corrected chi connectivity index (χ3v) is 1.03. The number of rotatable bonds is 5. The van der Waals surface area contributed by atoms with Crippen LogP contribution < -0.4 is 11.1 Å². The van der Waals surface area contributed by atoms with Gasteiger partial charge in [-0.1, -0.05) is 20.8 Å². The molecular weight excluding hydrogens is 112 g/mol. The van der Waals surface area contributed by atoms with Gasteiger partial charge in [-0.2, -0.15) is 0 Å². The SMILES string of the molecule is C.CCCCNCCN. The van der Waals surface area contributed by atoms with Gasteiger partial charge in [-0.05, 0) is 13.0 Å². The average Bonchev–Trinajstić information content (AvgIpc) is 1.81. The van der Waals surface area contributed by atoms with Crippen LogP contribution in [-0.2, 0) is 0 Å². The van der Waals surface area contributed by atoms with Gasteiger partial charge >= 0.3 is 0 Å². The van der Waals surface area contributed by atoms with E-state index in [-0.39, 0.29) is 7.43 Å². The van der Waals surface area contributed by atoms with Crippen LogP contribution in [-0.4, -0.2) is 19.6 Å². The lowest BCUT2D eigenvalue weighted by molar-refractivity contribution is 0.645. The standard InChI is InChI=1S/C6H16N2.CH4/c1-2-3-5-8-6-4-7;/h8H,2-7H2,1H3;1H4. The van der Waals surface area contributed by atoms with Gasteiger partial charge in [0.15, 0.2) is 0 Å². The zero-order valence-electron chi connectivity index (χ0n) is 5.61. The summed E-state index contributed by atoms with van der Waals surface area (Å²) in [7, 11) is 0. The Balaban J connectivity index is 0. The molecule has 0 amide bonds. The summed E-state index contributed by atoms with van der Waals surface area (Å²) >= 11 is 0. The molecule has 0 aliphatic heterocycles. The summed E-state index contributed by atoms with van der Waals surface area (Å²) in [6.07, 6.45) is 2.53. The third kappa shape index (κ3) is 11.5. The third-order valence-electron chi connectivity index (χ3n) is 1.03. The largest absolute Gasteiger partial charge is 0.329 e. The zero-order chi connectivity index (χ0) is 6.24. The first-order chi connectivity index (χ1) is 3.91. The van der Waals surface area contributed by atoms with Gasteiger partial charge in [-0.15, -0.1) is 0 Å². The Bertz CT molecular complexity index is 31.9. The van der Waals surface area contributed by atoms with Crippen LogP contribution in [0.5, 0.6) is 0 Å². The highest BCUT2D eigenvalue weighted by molar-refractivity contribution is 4.45. The normalized spacial score (nSPS) is 8.67. The summed E-state index contributed by atoms with van der Waals surface area (Å²) < 4.78 is 0. The molecule has 0 fully saturated rings. The molecule has 0 unspecified atom stereocenters. The topological polar surface area (TPSA) is 38.0 Å². The predicted octanol–water partition coefficient (Wildman–Crippen LogP) is 0.971. The quantitative estimate of drug-likeness (QED) is 0.547. The maximum absolute atomic E-state index is 5.25. The van der Waals surface area contributed by atoms with E-state index in [1.165, 1.54) is 12.8 Å². The fourth-order valence-corrected chi connectivity index (χ4v) is 0.529. The van der Waals surface area contributed by atoms with E-state index in [1.807, 2.05) is 0 Å². The summed E-state index contributed by atoms with van der Waals surface area (Å²) in [5.41, 5.74) is 5.25. The monoisotopic (exact) mass is 132 g/mol. The molecule has 0 aromatic rings. The maximum atomic E-state index is 5.25. The van der Waals surface area contributed by atoms with E-state index in [9.17, 15) is 0 Å². The molecule has 0 bridgehead atoms. The lowest BCUT2D eigenvalue weighted by atomic mass is 10.3. The Kier molecular flexibility index (Phi) is 14.0. The molecule has 0 aliphatic carbocycles. The van der Waals surface area contributed by atoms with E-state index in [0.29, 0.717) is 0 Å². The van der Waals surface area contributed by atoms with Crippen molar-refractivity contribution in [3.05, 3.63) is 0 Å². The molecule has 0 radical (unpaired) electrons. The fourth-order valence-electron chi connectivity index (χ4n) is 0.529. The maximum Gasteiger partial charge on any atom is 0.00745 e. The van der Waals surface area contributed by atoms with Crippen molar-refractivity contribution in [3.63, 3.8) is 0 Å². The highest BCUT2D eigenvalue weighted by atomic mass is 14.9. The summed E-state index contributed by atoms with van der Waals surface area (Å²) in [6, 6.07) is 0. The van der Waals surface area contributed by atoms with Gasteiger partial charge in [0, 0.05) is 13.1 Å². The zero-order valence-corrected chi connectivity index (χ0v) is 5.61. The van der Waals surface area contributed by atoms with E-state index < -0.39 is 0 Å². The Hall–Kier alpha value is -0.0800. The van der Waals surface area contributed by atoms with Crippen LogP contribution in [0.2, 0.25) is 0 Å². The summed E-state index contributed by atoms with van der Waals surface area (Å²) in [6.45, 7) is 5.02. The minimum Gasteiger partial charge on any atom is -0.329 e. The summed E-state index contributed by atoms with van der Waals surface area (Å²) in [4.78, 5) is 0. The predicted molar refractivity (Wildman–Crippen MR) is 43.6 cm³/mol. The van der Waals surface area contributed by atoms with E-state index in [4.69, 9.17) is 5.73 Å². The first-order valence-electron chi connectivity index (χ1n) is 3.32. The van der Waals surface area contributed by atoms with Crippen LogP contribution in [0.15, 0.2) is 0 Å². The Labute approximate surface area is 58.8 Å². The average molecular weight is 132 g/mol. The second-order valence-electron chi connectivity index (χ2n) is 1.89. The number of hydrogen-bond donors (Lipinski definition) is 2.